The normalized spacial score (nSPS) is 12.1. The van der Waals surface area contributed by atoms with Crippen molar-refractivity contribution in [3.05, 3.63) is 133 Å². The predicted molar refractivity (Wildman–Crippen MR) is 164 cm³/mol. The number of H-pyrrole nitrogens is 1. The summed E-state index contributed by atoms with van der Waals surface area (Å²) in [6.07, 6.45) is 0. The van der Waals surface area contributed by atoms with Crippen LogP contribution in [0.25, 0.3) is 76.8 Å². The van der Waals surface area contributed by atoms with Crippen molar-refractivity contribution in [1.82, 2.24) is 14.1 Å². The van der Waals surface area contributed by atoms with Crippen LogP contribution < -0.4 is 0 Å². The molecule has 0 spiro atoms. The standard InChI is InChI=1S/C36H23N3/c1-3-13-23(14-4-1)38-29-21-11-8-18-26(29)32-31-25-17-7-10-20-28(25)37-34(31)36-33(35(32)38)27-19-9-12-22-30(27)39(36)24-15-5-2-6-16-24/h1-22,37H. The van der Waals surface area contributed by atoms with Gasteiger partial charge in [0.15, 0.2) is 0 Å². The fourth-order valence-corrected chi connectivity index (χ4v) is 6.72. The monoisotopic (exact) mass is 497 g/mol. The van der Waals surface area contributed by atoms with Gasteiger partial charge in [0, 0.05) is 49.2 Å². The Labute approximate surface area is 224 Å². The van der Waals surface area contributed by atoms with Crippen LogP contribution in [0.3, 0.4) is 0 Å². The van der Waals surface area contributed by atoms with Crippen LogP contribution in [0, 0.1) is 0 Å². The molecule has 9 rings (SSSR count). The van der Waals surface area contributed by atoms with Crippen LogP contribution in [0.5, 0.6) is 0 Å². The Morgan fingerprint density at radius 3 is 1.51 bits per heavy atom. The molecule has 0 aliphatic carbocycles. The maximum atomic E-state index is 3.87. The molecule has 3 aromatic heterocycles. The molecule has 0 aliphatic rings. The number of fused-ring (bicyclic) bond motifs is 12. The number of nitrogens with zero attached hydrogens (tertiary/aromatic N) is 2. The number of benzene rings is 6. The second-order valence-electron chi connectivity index (χ2n) is 10.2. The highest BCUT2D eigenvalue weighted by molar-refractivity contribution is 6.40. The topological polar surface area (TPSA) is 25.6 Å². The maximum absolute atomic E-state index is 3.87. The van der Waals surface area contributed by atoms with Gasteiger partial charge in [0.05, 0.1) is 27.6 Å². The predicted octanol–water partition coefficient (Wildman–Crippen LogP) is 9.52. The summed E-state index contributed by atoms with van der Waals surface area (Å²) in [5.74, 6) is 0. The number of nitrogens with one attached hydrogen (secondary N) is 1. The van der Waals surface area contributed by atoms with Gasteiger partial charge in [0.25, 0.3) is 0 Å². The summed E-state index contributed by atoms with van der Waals surface area (Å²) in [6.45, 7) is 0. The van der Waals surface area contributed by atoms with Crippen molar-refractivity contribution >= 4 is 65.4 Å². The lowest BCUT2D eigenvalue weighted by molar-refractivity contribution is 1.18. The van der Waals surface area contributed by atoms with Crippen molar-refractivity contribution in [2.24, 2.45) is 0 Å². The molecule has 0 radical (unpaired) electrons. The molecule has 1 N–H and O–H groups in total. The Kier molecular flexibility index (Phi) is 4.05. The van der Waals surface area contributed by atoms with Crippen LogP contribution in [-0.4, -0.2) is 14.1 Å². The Morgan fingerprint density at radius 1 is 0.385 bits per heavy atom. The van der Waals surface area contributed by atoms with Crippen LogP contribution >= 0.6 is 0 Å². The van der Waals surface area contributed by atoms with Crippen molar-refractivity contribution < 1.29 is 0 Å². The van der Waals surface area contributed by atoms with E-state index < -0.39 is 0 Å². The quantitative estimate of drug-likeness (QED) is 0.246. The van der Waals surface area contributed by atoms with Crippen molar-refractivity contribution in [3.63, 3.8) is 0 Å². The van der Waals surface area contributed by atoms with Crippen LogP contribution in [0.2, 0.25) is 0 Å². The summed E-state index contributed by atoms with van der Waals surface area (Å²) in [4.78, 5) is 3.87. The molecule has 6 aromatic carbocycles. The molecule has 0 bridgehead atoms. The van der Waals surface area contributed by atoms with Crippen molar-refractivity contribution in [3.8, 4) is 11.4 Å². The lowest BCUT2D eigenvalue weighted by Crippen LogP contribution is -1.96. The third-order valence-electron chi connectivity index (χ3n) is 8.21. The summed E-state index contributed by atoms with van der Waals surface area (Å²) in [7, 11) is 0. The Hall–Kier alpha value is -5.28. The first-order valence-electron chi connectivity index (χ1n) is 13.4. The number of hydrogen-bond donors (Lipinski definition) is 1. The third-order valence-corrected chi connectivity index (χ3v) is 8.21. The highest BCUT2D eigenvalue weighted by Crippen LogP contribution is 2.48. The molecule has 3 nitrogen and oxygen atoms in total. The lowest BCUT2D eigenvalue weighted by atomic mass is 10.0. The van der Waals surface area contributed by atoms with Crippen LogP contribution in [-0.2, 0) is 0 Å². The Bertz CT molecular complexity index is 2370. The molecule has 3 heterocycles. The number of para-hydroxylation sites is 5. The van der Waals surface area contributed by atoms with Gasteiger partial charge in [-0.1, -0.05) is 91.0 Å². The van der Waals surface area contributed by atoms with E-state index in [1.807, 2.05) is 0 Å². The van der Waals surface area contributed by atoms with Gasteiger partial charge in [-0.2, -0.15) is 0 Å². The molecular formula is C36H23N3. The van der Waals surface area contributed by atoms with Crippen LogP contribution in [0.4, 0.5) is 0 Å². The third kappa shape index (κ3) is 2.66. The molecule has 182 valence electrons. The molecule has 9 aromatic rings. The second-order valence-corrected chi connectivity index (χ2v) is 10.2. The minimum atomic E-state index is 1.16. The molecule has 0 fully saturated rings. The zero-order chi connectivity index (χ0) is 25.5. The van der Waals surface area contributed by atoms with E-state index in [4.69, 9.17) is 0 Å². The highest BCUT2D eigenvalue weighted by Gasteiger charge is 2.26. The molecule has 3 heteroatoms. The first-order valence-corrected chi connectivity index (χ1v) is 13.4. The smallest absolute Gasteiger partial charge is 0.0804 e. The van der Waals surface area contributed by atoms with E-state index in [0.29, 0.717) is 0 Å². The van der Waals surface area contributed by atoms with Gasteiger partial charge in [0.1, 0.15) is 0 Å². The Balaban J connectivity index is 1.70. The fraction of sp³-hybridized carbons (Fsp3) is 0. The van der Waals surface area contributed by atoms with E-state index >= 15 is 0 Å². The number of aromatic nitrogens is 3. The van der Waals surface area contributed by atoms with E-state index in [1.54, 1.807) is 0 Å². The number of aromatic amines is 1. The average molecular weight is 498 g/mol. The molecular weight excluding hydrogens is 474 g/mol. The largest absolute Gasteiger partial charge is 0.353 e. The first-order chi connectivity index (χ1) is 19.4. The molecule has 0 amide bonds. The van der Waals surface area contributed by atoms with E-state index in [9.17, 15) is 0 Å². The lowest BCUT2D eigenvalue weighted by Gasteiger charge is -2.11. The van der Waals surface area contributed by atoms with Gasteiger partial charge in [-0.15, -0.1) is 0 Å². The molecule has 0 saturated heterocycles. The number of rotatable bonds is 2. The summed E-state index contributed by atoms with van der Waals surface area (Å²) < 4.78 is 4.91. The van der Waals surface area contributed by atoms with E-state index in [-0.39, 0.29) is 0 Å². The van der Waals surface area contributed by atoms with Crippen LogP contribution in [0.15, 0.2) is 133 Å². The Morgan fingerprint density at radius 2 is 0.872 bits per heavy atom. The summed E-state index contributed by atoms with van der Waals surface area (Å²) in [6, 6.07) is 47.9. The molecule has 0 atom stereocenters. The molecule has 39 heavy (non-hydrogen) atoms. The van der Waals surface area contributed by atoms with Crippen molar-refractivity contribution in [2.75, 3.05) is 0 Å². The van der Waals surface area contributed by atoms with Gasteiger partial charge in [-0.3, -0.25) is 0 Å². The molecule has 0 unspecified atom stereocenters. The van der Waals surface area contributed by atoms with Gasteiger partial charge in [0.2, 0.25) is 0 Å². The van der Waals surface area contributed by atoms with E-state index in [1.165, 1.54) is 65.6 Å². The second kappa shape index (κ2) is 7.62. The van der Waals surface area contributed by atoms with Gasteiger partial charge < -0.3 is 14.1 Å². The van der Waals surface area contributed by atoms with E-state index in [0.717, 1.165) is 11.2 Å². The molecule has 0 aliphatic heterocycles. The minimum Gasteiger partial charge on any atom is -0.353 e. The number of hydrogen-bond acceptors (Lipinski definition) is 0. The zero-order valence-electron chi connectivity index (χ0n) is 21.1. The zero-order valence-corrected chi connectivity index (χ0v) is 21.1. The summed E-state index contributed by atoms with van der Waals surface area (Å²) in [5.41, 5.74) is 9.54. The van der Waals surface area contributed by atoms with Crippen LogP contribution in [0.1, 0.15) is 0 Å². The minimum absolute atomic E-state index is 1.16. The maximum Gasteiger partial charge on any atom is 0.0804 e. The summed E-state index contributed by atoms with van der Waals surface area (Å²) >= 11 is 0. The SMILES string of the molecule is c1ccc(-n2c3ccccc3c3c2c2[nH]c4ccccc4c2c2c4ccccc4n(-c4ccccc4)c23)cc1. The molecule has 0 saturated carbocycles. The van der Waals surface area contributed by atoms with Gasteiger partial charge in [-0.25, -0.2) is 0 Å². The van der Waals surface area contributed by atoms with Crippen molar-refractivity contribution in [2.45, 2.75) is 0 Å². The average Bonchev–Trinajstić information content (AvgIpc) is 3.66. The summed E-state index contributed by atoms with van der Waals surface area (Å²) in [5, 5.41) is 7.61. The first kappa shape index (κ1) is 20.7. The fourth-order valence-electron chi connectivity index (χ4n) is 6.72. The van der Waals surface area contributed by atoms with Crippen molar-refractivity contribution in [1.29, 1.82) is 0 Å². The van der Waals surface area contributed by atoms with Gasteiger partial charge in [-0.05, 0) is 42.5 Å². The highest BCUT2D eigenvalue weighted by atomic mass is 15.0. The van der Waals surface area contributed by atoms with Gasteiger partial charge >= 0.3 is 0 Å². The van der Waals surface area contributed by atoms with E-state index in [2.05, 4.69) is 148 Å².